The Balaban J connectivity index is 2.29. The normalized spacial score (nSPS) is 28.1. The number of hydrogen-bond acceptors (Lipinski definition) is 3. The summed E-state index contributed by atoms with van der Waals surface area (Å²) in [4.78, 5) is 13.4. The summed E-state index contributed by atoms with van der Waals surface area (Å²) in [5.41, 5.74) is 8.03. The Bertz CT molecular complexity index is 204. The molecular weight excluding hydrogens is 146 g/mol. The summed E-state index contributed by atoms with van der Waals surface area (Å²) >= 11 is 0. The van der Waals surface area contributed by atoms with Crippen molar-refractivity contribution in [3.8, 4) is 0 Å². The summed E-state index contributed by atoms with van der Waals surface area (Å²) in [6.45, 7) is 0. The molecule has 0 heterocycles. The van der Waals surface area contributed by atoms with E-state index in [1.807, 2.05) is 0 Å². The van der Waals surface area contributed by atoms with Crippen molar-refractivity contribution >= 4 is 5.97 Å². The molecule has 1 saturated carbocycles. The van der Waals surface area contributed by atoms with E-state index in [2.05, 4.69) is 14.8 Å². The highest BCUT2D eigenvalue weighted by Crippen LogP contribution is 2.30. The summed E-state index contributed by atoms with van der Waals surface area (Å²) in [7, 11) is 1.36. The molecule has 0 amide bonds. The number of carbonyl (C=O) groups excluding carboxylic acids is 1. The van der Waals surface area contributed by atoms with E-state index in [9.17, 15) is 4.79 Å². The lowest BCUT2D eigenvalue weighted by Gasteiger charge is -2.29. The number of ether oxygens (including phenoxy) is 1. The second-order valence-electron chi connectivity index (χ2n) is 2.55. The molecule has 0 aromatic rings. The average molecular weight is 155 g/mol. The predicted molar refractivity (Wildman–Crippen MR) is 37.7 cm³/mol. The lowest BCUT2D eigenvalue weighted by molar-refractivity contribution is -0.148. The minimum atomic E-state index is -0.200. The zero-order valence-electron chi connectivity index (χ0n) is 6.23. The van der Waals surface area contributed by atoms with Crippen LogP contribution < -0.4 is 0 Å². The zero-order valence-corrected chi connectivity index (χ0v) is 6.23. The van der Waals surface area contributed by atoms with Gasteiger partial charge in [0.25, 0.3) is 0 Å². The molecule has 0 unspecified atom stereocenters. The Morgan fingerprint density at radius 1 is 1.73 bits per heavy atom. The second-order valence-corrected chi connectivity index (χ2v) is 2.55. The van der Waals surface area contributed by atoms with Gasteiger partial charge in [-0.05, 0) is 18.4 Å². The van der Waals surface area contributed by atoms with Gasteiger partial charge < -0.3 is 4.74 Å². The fourth-order valence-electron chi connectivity index (χ4n) is 1.11. The molecule has 5 heteroatoms. The van der Waals surface area contributed by atoms with E-state index in [-0.39, 0.29) is 17.9 Å². The standard InChI is InChI=1S/C6H9N3O2/c1-11-6(10)4-2-5(3-4)8-9-7/h4-5H,2-3H2,1H3. The van der Waals surface area contributed by atoms with Gasteiger partial charge in [0.1, 0.15) is 0 Å². The Labute approximate surface area is 64.0 Å². The third kappa shape index (κ3) is 1.62. The van der Waals surface area contributed by atoms with E-state index in [1.165, 1.54) is 7.11 Å². The largest absolute Gasteiger partial charge is 0.469 e. The number of methoxy groups -OCH3 is 1. The molecule has 1 fully saturated rings. The Kier molecular flexibility index (Phi) is 2.33. The van der Waals surface area contributed by atoms with Crippen molar-refractivity contribution in [2.24, 2.45) is 11.0 Å². The maximum atomic E-state index is 10.8. The molecule has 0 aromatic heterocycles. The number of hydrogen-bond donors (Lipinski definition) is 0. The zero-order chi connectivity index (χ0) is 8.27. The Hall–Kier alpha value is -1.22. The molecule has 60 valence electrons. The van der Waals surface area contributed by atoms with Crippen molar-refractivity contribution in [1.82, 2.24) is 0 Å². The van der Waals surface area contributed by atoms with Crippen LogP contribution in [0.3, 0.4) is 0 Å². The second kappa shape index (κ2) is 3.25. The van der Waals surface area contributed by atoms with Gasteiger partial charge in [-0.3, -0.25) is 4.79 Å². The van der Waals surface area contributed by atoms with Crippen LogP contribution in [-0.4, -0.2) is 19.1 Å². The van der Waals surface area contributed by atoms with E-state index >= 15 is 0 Å². The Morgan fingerprint density at radius 3 is 2.82 bits per heavy atom. The molecule has 0 saturated heterocycles. The summed E-state index contributed by atoms with van der Waals surface area (Å²) in [5.74, 6) is -0.245. The highest BCUT2D eigenvalue weighted by molar-refractivity contribution is 5.73. The van der Waals surface area contributed by atoms with Gasteiger partial charge in [0, 0.05) is 11.0 Å². The molecule has 1 rings (SSSR count). The van der Waals surface area contributed by atoms with Gasteiger partial charge >= 0.3 is 5.97 Å². The van der Waals surface area contributed by atoms with Crippen LogP contribution in [0.25, 0.3) is 10.4 Å². The molecule has 0 spiro atoms. The fraction of sp³-hybridized carbons (Fsp3) is 0.833. The first-order chi connectivity index (χ1) is 5.27. The van der Waals surface area contributed by atoms with E-state index in [1.54, 1.807) is 0 Å². The molecule has 1 aliphatic rings. The van der Waals surface area contributed by atoms with Crippen molar-refractivity contribution in [3.05, 3.63) is 10.4 Å². The van der Waals surface area contributed by atoms with Crippen LogP contribution in [-0.2, 0) is 9.53 Å². The lowest BCUT2D eigenvalue weighted by Crippen LogP contribution is -2.33. The molecule has 0 aliphatic heterocycles. The first-order valence-corrected chi connectivity index (χ1v) is 3.40. The number of rotatable bonds is 2. The highest BCUT2D eigenvalue weighted by atomic mass is 16.5. The van der Waals surface area contributed by atoms with Gasteiger partial charge in [0.05, 0.1) is 13.0 Å². The maximum absolute atomic E-state index is 10.8. The minimum Gasteiger partial charge on any atom is -0.469 e. The number of esters is 1. The van der Waals surface area contributed by atoms with E-state index in [4.69, 9.17) is 5.53 Å². The van der Waals surface area contributed by atoms with Crippen molar-refractivity contribution in [2.45, 2.75) is 18.9 Å². The maximum Gasteiger partial charge on any atom is 0.308 e. The van der Waals surface area contributed by atoms with Gasteiger partial charge in [0.15, 0.2) is 0 Å². The number of carbonyl (C=O) groups is 1. The van der Waals surface area contributed by atoms with Crippen molar-refractivity contribution in [3.63, 3.8) is 0 Å². The first kappa shape index (κ1) is 7.88. The van der Waals surface area contributed by atoms with Crippen LogP contribution in [0.4, 0.5) is 0 Å². The molecule has 1 aliphatic carbocycles. The van der Waals surface area contributed by atoms with Crippen molar-refractivity contribution < 1.29 is 9.53 Å². The van der Waals surface area contributed by atoms with Gasteiger partial charge in [-0.1, -0.05) is 5.11 Å². The molecule has 0 N–H and O–H groups in total. The molecule has 0 aromatic carbocycles. The first-order valence-electron chi connectivity index (χ1n) is 3.40. The van der Waals surface area contributed by atoms with Gasteiger partial charge in [0.2, 0.25) is 0 Å². The number of nitrogens with zero attached hydrogens (tertiary/aromatic N) is 3. The quantitative estimate of drug-likeness (QED) is 0.260. The molecule has 5 nitrogen and oxygen atoms in total. The van der Waals surface area contributed by atoms with Crippen LogP contribution in [0.1, 0.15) is 12.8 Å². The van der Waals surface area contributed by atoms with Crippen LogP contribution in [0.15, 0.2) is 5.11 Å². The SMILES string of the molecule is COC(=O)C1CC(N=[N+]=[N-])C1. The predicted octanol–water partition coefficient (Wildman–Crippen LogP) is 1.25. The average Bonchev–Trinajstić information content (AvgIpc) is 1.94. The van der Waals surface area contributed by atoms with E-state index in [0.29, 0.717) is 12.8 Å². The summed E-state index contributed by atoms with van der Waals surface area (Å²) in [6.07, 6.45) is 1.27. The van der Waals surface area contributed by atoms with Crippen LogP contribution in [0.5, 0.6) is 0 Å². The van der Waals surface area contributed by atoms with Crippen molar-refractivity contribution in [1.29, 1.82) is 0 Å². The monoisotopic (exact) mass is 155 g/mol. The van der Waals surface area contributed by atoms with E-state index < -0.39 is 0 Å². The van der Waals surface area contributed by atoms with Crippen molar-refractivity contribution in [2.75, 3.05) is 7.11 Å². The fourth-order valence-corrected chi connectivity index (χ4v) is 1.11. The van der Waals surface area contributed by atoms with Gasteiger partial charge in [-0.15, -0.1) is 0 Å². The molecular formula is C6H9N3O2. The molecule has 11 heavy (non-hydrogen) atoms. The summed E-state index contributed by atoms with van der Waals surface area (Å²) in [6, 6.07) is 0.00380. The molecule has 0 atom stereocenters. The summed E-state index contributed by atoms with van der Waals surface area (Å²) < 4.78 is 4.51. The Morgan fingerprint density at radius 2 is 2.36 bits per heavy atom. The van der Waals surface area contributed by atoms with Gasteiger partial charge in [-0.2, -0.15) is 0 Å². The third-order valence-corrected chi connectivity index (χ3v) is 1.86. The lowest BCUT2D eigenvalue weighted by atomic mass is 9.81. The highest BCUT2D eigenvalue weighted by Gasteiger charge is 2.34. The van der Waals surface area contributed by atoms with E-state index in [0.717, 1.165) is 0 Å². The molecule has 0 bridgehead atoms. The van der Waals surface area contributed by atoms with Gasteiger partial charge in [-0.25, -0.2) is 0 Å². The summed E-state index contributed by atoms with van der Waals surface area (Å²) in [5, 5.41) is 3.47. The van der Waals surface area contributed by atoms with Crippen LogP contribution >= 0.6 is 0 Å². The minimum absolute atomic E-state index is 0.00380. The molecule has 0 radical (unpaired) electrons. The number of azide groups is 1. The third-order valence-electron chi connectivity index (χ3n) is 1.86. The van der Waals surface area contributed by atoms with Crippen LogP contribution in [0, 0.1) is 5.92 Å². The topological polar surface area (TPSA) is 75.1 Å². The smallest absolute Gasteiger partial charge is 0.308 e. The van der Waals surface area contributed by atoms with Crippen LogP contribution in [0.2, 0.25) is 0 Å².